The molecule has 0 aliphatic heterocycles. The van der Waals surface area contributed by atoms with Crippen molar-refractivity contribution in [2.24, 2.45) is 0 Å². The Labute approximate surface area is 118 Å². The van der Waals surface area contributed by atoms with Crippen LogP contribution in [0, 0.1) is 0 Å². The Morgan fingerprint density at radius 3 is 2.44 bits per heavy atom. The lowest BCUT2D eigenvalue weighted by atomic mass is 10.1. The molecule has 9 heteroatoms. The van der Waals surface area contributed by atoms with Crippen LogP contribution < -0.4 is 5.32 Å². The van der Waals surface area contributed by atoms with Gasteiger partial charge in [0, 0.05) is 0 Å². The summed E-state index contributed by atoms with van der Waals surface area (Å²) in [6.45, 7) is 5.00. The largest absolute Gasteiger partial charge is 0.457 e. The van der Waals surface area contributed by atoms with Gasteiger partial charge in [-0.15, -0.1) is 6.58 Å². The molecule has 1 amide bonds. The van der Waals surface area contributed by atoms with Crippen molar-refractivity contribution in [2.75, 3.05) is 6.61 Å². The molecular formula is C9H10Cl3N3O3. The Hall–Kier alpha value is -1.07. The van der Waals surface area contributed by atoms with Crippen LogP contribution in [0.5, 0.6) is 0 Å². The quantitative estimate of drug-likeness (QED) is 0.207. The number of carbonyl (C=O) groups is 2. The van der Waals surface area contributed by atoms with Crippen LogP contribution in [0.3, 0.4) is 0 Å². The molecule has 0 fully saturated rings. The molecule has 1 unspecified atom stereocenters. The molecule has 0 saturated carbocycles. The second-order valence-corrected chi connectivity index (χ2v) is 5.17. The van der Waals surface area contributed by atoms with E-state index in [0.29, 0.717) is 0 Å². The number of rotatable bonds is 5. The number of alkyl halides is 3. The molecule has 0 spiro atoms. The fourth-order valence-electron chi connectivity index (χ4n) is 0.897. The molecule has 0 saturated heterocycles. The van der Waals surface area contributed by atoms with Crippen LogP contribution in [0.1, 0.15) is 6.92 Å². The van der Waals surface area contributed by atoms with Crippen molar-refractivity contribution >= 4 is 52.4 Å². The normalized spacial score (nSPS) is 12.0. The number of esters is 1. The van der Waals surface area contributed by atoms with Crippen molar-refractivity contribution in [2.45, 2.75) is 16.8 Å². The van der Waals surface area contributed by atoms with E-state index in [1.54, 1.807) is 6.92 Å². The second kappa shape index (κ2) is 7.38. The maximum atomic E-state index is 11.4. The van der Waals surface area contributed by atoms with Crippen molar-refractivity contribution in [3.63, 3.8) is 0 Å². The van der Waals surface area contributed by atoms with Gasteiger partial charge in [0.05, 0.1) is 6.61 Å². The number of hydrogen-bond donors (Lipinski definition) is 1. The highest BCUT2D eigenvalue weighted by Crippen LogP contribution is 2.26. The second-order valence-electron chi connectivity index (χ2n) is 2.89. The van der Waals surface area contributed by atoms with Crippen molar-refractivity contribution in [3.8, 4) is 0 Å². The van der Waals surface area contributed by atoms with E-state index in [2.05, 4.69) is 21.4 Å². The van der Waals surface area contributed by atoms with Gasteiger partial charge in [-0.25, -0.2) is 4.79 Å². The van der Waals surface area contributed by atoms with Gasteiger partial charge in [-0.2, -0.15) is 4.79 Å². The summed E-state index contributed by atoms with van der Waals surface area (Å²) < 4.78 is 2.41. The van der Waals surface area contributed by atoms with Crippen LogP contribution >= 0.6 is 34.8 Å². The van der Waals surface area contributed by atoms with E-state index >= 15 is 0 Å². The third-order valence-corrected chi connectivity index (χ3v) is 2.18. The first-order valence-corrected chi connectivity index (χ1v) is 5.80. The number of amides is 1. The third-order valence-electron chi connectivity index (χ3n) is 1.67. The van der Waals surface area contributed by atoms with Gasteiger partial charge in [0.2, 0.25) is 0 Å². The summed E-state index contributed by atoms with van der Waals surface area (Å²) in [4.78, 5) is 25.5. The van der Waals surface area contributed by atoms with Crippen LogP contribution in [0.25, 0.3) is 5.53 Å². The highest BCUT2D eigenvalue weighted by Gasteiger charge is 2.37. The molecule has 0 heterocycles. The number of ether oxygens (including phenoxy) is 1. The van der Waals surface area contributed by atoms with Crippen LogP contribution in [0.15, 0.2) is 12.7 Å². The molecule has 1 atom stereocenters. The zero-order valence-corrected chi connectivity index (χ0v) is 11.6. The van der Waals surface area contributed by atoms with Gasteiger partial charge in [0.15, 0.2) is 6.04 Å². The van der Waals surface area contributed by atoms with E-state index in [0.717, 1.165) is 6.08 Å². The SMILES string of the molecule is C=CC(NC(=O)C(Cl)(Cl)Cl)C(=[N+]=[N-])C(=O)OCC. The van der Waals surface area contributed by atoms with Crippen LogP contribution in [0.2, 0.25) is 0 Å². The standard InChI is InChI=1S/C9H10Cl3N3O3/c1-3-5(14-8(17)9(10,11)12)6(15-13)7(16)18-4-2/h3,5H,1,4H2,2H3,(H,14,17). The summed E-state index contributed by atoms with van der Waals surface area (Å²) >= 11 is 16.0. The van der Waals surface area contributed by atoms with Crippen molar-refractivity contribution in [1.29, 1.82) is 0 Å². The molecule has 0 aromatic heterocycles. The van der Waals surface area contributed by atoms with Crippen molar-refractivity contribution in [3.05, 3.63) is 18.2 Å². The lowest BCUT2D eigenvalue weighted by Crippen LogP contribution is -2.47. The molecule has 100 valence electrons. The Morgan fingerprint density at radius 2 is 2.11 bits per heavy atom. The van der Waals surface area contributed by atoms with E-state index < -0.39 is 27.4 Å². The van der Waals surface area contributed by atoms with E-state index in [1.165, 1.54) is 0 Å². The van der Waals surface area contributed by atoms with Crippen LogP contribution in [-0.2, 0) is 14.3 Å². The summed E-state index contributed by atoms with van der Waals surface area (Å²) in [7, 11) is 0. The topological polar surface area (TPSA) is 91.8 Å². The number of nitrogens with one attached hydrogen (secondary N) is 1. The Kier molecular flexibility index (Phi) is 6.94. The lowest BCUT2D eigenvalue weighted by molar-refractivity contribution is -0.140. The average molecular weight is 315 g/mol. The molecule has 0 radical (unpaired) electrons. The number of halogens is 3. The zero-order valence-electron chi connectivity index (χ0n) is 9.32. The maximum Gasteiger partial charge on any atom is 0.419 e. The molecule has 0 aliphatic carbocycles. The minimum Gasteiger partial charge on any atom is -0.457 e. The van der Waals surface area contributed by atoms with Gasteiger partial charge in [-0.1, -0.05) is 40.9 Å². The minimum absolute atomic E-state index is 0.0696. The average Bonchev–Trinajstić information content (AvgIpc) is 2.27. The van der Waals surface area contributed by atoms with E-state index in [1.807, 2.05) is 0 Å². The number of nitrogens with zero attached hydrogens (tertiary/aromatic N) is 2. The molecule has 0 aromatic rings. The summed E-state index contributed by atoms with van der Waals surface area (Å²) in [6.07, 6.45) is 1.13. The van der Waals surface area contributed by atoms with E-state index in [9.17, 15) is 9.59 Å². The van der Waals surface area contributed by atoms with Crippen LogP contribution in [0.4, 0.5) is 0 Å². The van der Waals surface area contributed by atoms with Gasteiger partial charge >= 0.3 is 11.7 Å². The molecule has 0 aromatic carbocycles. The summed E-state index contributed by atoms with van der Waals surface area (Å²) in [5.74, 6) is -1.92. The third kappa shape index (κ3) is 5.06. The fraction of sp³-hybridized carbons (Fsp3) is 0.444. The molecule has 6 nitrogen and oxygen atoms in total. The molecule has 0 rings (SSSR count). The molecular weight excluding hydrogens is 304 g/mol. The molecule has 18 heavy (non-hydrogen) atoms. The van der Waals surface area contributed by atoms with Crippen molar-refractivity contribution < 1.29 is 19.1 Å². The van der Waals surface area contributed by atoms with Gasteiger partial charge in [-0.3, -0.25) is 4.79 Å². The van der Waals surface area contributed by atoms with E-state index in [4.69, 9.17) is 40.3 Å². The predicted octanol–water partition coefficient (Wildman–Crippen LogP) is 1.26. The van der Waals surface area contributed by atoms with Crippen molar-refractivity contribution in [1.82, 2.24) is 5.32 Å². The molecule has 0 bridgehead atoms. The summed E-state index contributed by atoms with van der Waals surface area (Å²) in [6, 6.07) is -1.14. The summed E-state index contributed by atoms with van der Waals surface area (Å²) in [5, 5.41) is 2.15. The van der Waals surface area contributed by atoms with Crippen LogP contribution in [-0.4, -0.2) is 38.8 Å². The zero-order chi connectivity index (χ0) is 14.3. The Bertz CT molecular complexity index is 400. The summed E-state index contributed by atoms with van der Waals surface area (Å²) in [5.41, 5.74) is 8.25. The predicted molar refractivity (Wildman–Crippen MR) is 67.7 cm³/mol. The minimum atomic E-state index is -2.21. The van der Waals surface area contributed by atoms with Gasteiger partial charge in [0.25, 0.3) is 9.70 Å². The molecule has 0 aliphatic rings. The number of carbonyl (C=O) groups excluding carboxylic acids is 2. The first-order chi connectivity index (χ1) is 8.27. The monoisotopic (exact) mass is 313 g/mol. The maximum absolute atomic E-state index is 11.4. The van der Waals surface area contributed by atoms with Gasteiger partial charge in [0.1, 0.15) is 0 Å². The van der Waals surface area contributed by atoms with Gasteiger partial charge < -0.3 is 15.6 Å². The lowest BCUT2D eigenvalue weighted by Gasteiger charge is -2.14. The highest BCUT2D eigenvalue weighted by molar-refractivity contribution is 6.76. The first kappa shape index (κ1) is 16.9. The van der Waals surface area contributed by atoms with Gasteiger partial charge in [-0.05, 0) is 6.92 Å². The highest BCUT2D eigenvalue weighted by atomic mass is 35.6. The Morgan fingerprint density at radius 1 is 1.56 bits per heavy atom. The first-order valence-electron chi connectivity index (χ1n) is 4.67. The number of hydrogen-bond acceptors (Lipinski definition) is 3. The fourth-order valence-corrected chi connectivity index (χ4v) is 1.06. The Balaban J connectivity index is 4.98. The smallest absolute Gasteiger partial charge is 0.419 e. The van der Waals surface area contributed by atoms with E-state index in [-0.39, 0.29) is 6.61 Å². The molecule has 1 N–H and O–H groups in total.